The number of benzene rings is 1. The molecule has 3 N–H and O–H groups in total. The van der Waals surface area contributed by atoms with Crippen LogP contribution in [0.2, 0.25) is 0 Å². The van der Waals surface area contributed by atoms with Gasteiger partial charge in [-0.1, -0.05) is 31.5 Å². The van der Waals surface area contributed by atoms with E-state index >= 15 is 0 Å². The van der Waals surface area contributed by atoms with Gasteiger partial charge in [0, 0.05) is 25.8 Å². The van der Waals surface area contributed by atoms with Crippen LogP contribution in [-0.2, 0) is 40.9 Å². The van der Waals surface area contributed by atoms with Crippen molar-refractivity contribution in [1.29, 1.82) is 0 Å². The summed E-state index contributed by atoms with van der Waals surface area (Å²) in [6.07, 6.45) is 2.87. The molecule has 1 aromatic rings. The summed E-state index contributed by atoms with van der Waals surface area (Å²) in [5.41, 5.74) is 1.68. The summed E-state index contributed by atoms with van der Waals surface area (Å²) in [6.45, 7) is 0.784. The maximum absolute atomic E-state index is 12.1. The summed E-state index contributed by atoms with van der Waals surface area (Å²) in [5, 5.41) is 20.3. The topological polar surface area (TPSA) is 107 Å². The minimum atomic E-state index is -1.18. The van der Waals surface area contributed by atoms with Gasteiger partial charge >= 0.3 is 11.9 Å². The maximum Gasteiger partial charge on any atom is 0.317 e. The van der Waals surface area contributed by atoms with E-state index in [4.69, 9.17) is 10.2 Å². The molecule has 1 amide bonds. The molecule has 1 rings (SSSR count). The van der Waals surface area contributed by atoms with Gasteiger partial charge in [-0.3, -0.25) is 19.3 Å². The second-order valence-corrected chi connectivity index (χ2v) is 5.24. The van der Waals surface area contributed by atoms with E-state index in [1.54, 1.807) is 12.1 Å². The van der Waals surface area contributed by atoms with Gasteiger partial charge in [-0.2, -0.15) is 0 Å². The molecule has 0 fully saturated rings. The Balaban J connectivity index is 0.00000529. The summed E-state index contributed by atoms with van der Waals surface area (Å²) >= 11 is 0. The van der Waals surface area contributed by atoms with Gasteiger partial charge in [-0.25, -0.2) is 0 Å². The number of hydrogen-bond donors (Lipinski definition) is 3. The zero-order valence-electron chi connectivity index (χ0n) is 13.5. The van der Waals surface area contributed by atoms with Crippen molar-refractivity contribution >= 4 is 23.5 Å². The quantitative estimate of drug-likeness (QED) is 0.528. The van der Waals surface area contributed by atoms with Crippen molar-refractivity contribution in [2.75, 3.05) is 25.0 Å². The first-order valence-electron chi connectivity index (χ1n) is 7.46. The third-order valence-corrected chi connectivity index (χ3v) is 3.18. The van der Waals surface area contributed by atoms with E-state index < -0.39 is 30.9 Å². The van der Waals surface area contributed by atoms with Crippen LogP contribution in [0.25, 0.3) is 0 Å². The largest absolute Gasteiger partial charge is 0.480 e. The Kier molecular flexibility index (Phi) is 10.9. The Hall–Kier alpha value is -1.76. The van der Waals surface area contributed by atoms with Crippen molar-refractivity contribution in [2.45, 2.75) is 26.2 Å². The minimum Gasteiger partial charge on any atom is -0.480 e. The number of carbonyl (C=O) groups is 3. The Morgan fingerprint density at radius 2 is 1.62 bits per heavy atom. The van der Waals surface area contributed by atoms with Crippen molar-refractivity contribution in [3.63, 3.8) is 0 Å². The summed E-state index contributed by atoms with van der Waals surface area (Å²) < 4.78 is 0. The Morgan fingerprint density at radius 3 is 2.17 bits per heavy atom. The van der Waals surface area contributed by atoms with Gasteiger partial charge in [-0.15, -0.1) is 0 Å². The fourth-order valence-corrected chi connectivity index (χ4v) is 2.17. The van der Waals surface area contributed by atoms with Crippen LogP contribution in [0.1, 0.15) is 25.3 Å². The molecule has 0 aliphatic carbocycles. The third kappa shape index (κ3) is 8.76. The van der Waals surface area contributed by atoms with Crippen molar-refractivity contribution in [1.82, 2.24) is 4.90 Å². The number of carbonyl (C=O) groups excluding carboxylic acids is 1. The van der Waals surface area contributed by atoms with E-state index in [0.717, 1.165) is 29.7 Å². The average Bonchev–Trinajstić information content (AvgIpc) is 2.44. The van der Waals surface area contributed by atoms with Crippen LogP contribution >= 0.6 is 0 Å². The van der Waals surface area contributed by atoms with Gasteiger partial charge in [0.05, 0.1) is 19.6 Å². The second-order valence-electron chi connectivity index (χ2n) is 5.24. The summed E-state index contributed by atoms with van der Waals surface area (Å²) in [6, 6.07) is 7.40. The molecular formula is C16H22N2O5Tc. The van der Waals surface area contributed by atoms with E-state index in [1.165, 1.54) is 0 Å². The molecule has 1 radical (unpaired) electrons. The first-order valence-corrected chi connectivity index (χ1v) is 7.46. The molecule has 0 aromatic heterocycles. The van der Waals surface area contributed by atoms with Crippen LogP contribution in [-0.4, -0.2) is 52.6 Å². The van der Waals surface area contributed by atoms with Crippen molar-refractivity contribution < 1.29 is 44.7 Å². The third-order valence-electron chi connectivity index (χ3n) is 3.18. The number of aliphatic carboxylic acids is 2. The van der Waals surface area contributed by atoms with Crippen LogP contribution in [0.4, 0.5) is 5.69 Å². The SMILES string of the molecule is CCCCc1ccccc1NC(=O)CN(CC(=O)O)CC(=O)O.[99Tc]. The molecule has 0 saturated heterocycles. The van der Waals surface area contributed by atoms with Crippen molar-refractivity contribution in [2.24, 2.45) is 0 Å². The Labute approximate surface area is 154 Å². The van der Waals surface area contributed by atoms with Crippen molar-refractivity contribution in [3.8, 4) is 0 Å². The predicted octanol–water partition coefficient (Wildman–Crippen LogP) is 1.44. The van der Waals surface area contributed by atoms with Crippen LogP contribution < -0.4 is 5.32 Å². The normalized spacial score (nSPS) is 10.1. The molecule has 0 saturated carbocycles. The van der Waals surface area contributed by atoms with Gasteiger partial charge in [0.1, 0.15) is 0 Å². The number of amides is 1. The van der Waals surface area contributed by atoms with E-state index in [2.05, 4.69) is 12.2 Å². The first-order chi connectivity index (χ1) is 10.9. The molecule has 0 aliphatic heterocycles. The zero-order chi connectivity index (χ0) is 17.2. The predicted molar refractivity (Wildman–Crippen MR) is 85.4 cm³/mol. The van der Waals surface area contributed by atoms with Crippen LogP contribution in [0.5, 0.6) is 0 Å². The number of para-hydroxylation sites is 1. The summed E-state index contributed by atoms with van der Waals surface area (Å²) in [5.74, 6) is -2.79. The minimum absolute atomic E-state index is 0. The van der Waals surface area contributed by atoms with Crippen LogP contribution in [0, 0.1) is 0 Å². The van der Waals surface area contributed by atoms with E-state index in [1.807, 2.05) is 12.1 Å². The molecule has 133 valence electrons. The van der Waals surface area contributed by atoms with Gasteiger partial charge < -0.3 is 15.5 Å². The van der Waals surface area contributed by atoms with E-state index in [-0.39, 0.29) is 26.7 Å². The molecule has 0 spiro atoms. The van der Waals surface area contributed by atoms with Crippen LogP contribution in [0.3, 0.4) is 0 Å². The fraction of sp³-hybridized carbons (Fsp3) is 0.438. The molecule has 24 heavy (non-hydrogen) atoms. The Morgan fingerprint density at radius 1 is 1.04 bits per heavy atom. The number of aryl methyl sites for hydroxylation is 1. The van der Waals surface area contributed by atoms with Gasteiger partial charge in [0.15, 0.2) is 0 Å². The monoisotopic (exact) mass is 421 g/mol. The Bertz CT molecular complexity index is 549. The second kappa shape index (κ2) is 11.7. The first kappa shape index (κ1) is 22.2. The molecule has 0 aliphatic rings. The molecule has 0 heterocycles. The number of hydrogen-bond acceptors (Lipinski definition) is 4. The number of anilines is 1. The number of rotatable bonds is 10. The van der Waals surface area contributed by atoms with Gasteiger partial charge in [0.25, 0.3) is 0 Å². The molecule has 7 nitrogen and oxygen atoms in total. The maximum atomic E-state index is 12.1. The standard InChI is InChI=1S/C16H22N2O5.Tc/c1-2-3-6-12-7-4-5-8-13(12)17-14(19)9-18(10-15(20)21)11-16(22)23;/h4-5,7-8H,2-3,6,9-11H2,1H3,(H,17,19)(H,20,21)(H,22,23);/i;1+1. The molecule has 1 aromatic carbocycles. The van der Waals surface area contributed by atoms with Gasteiger partial charge in [0.2, 0.25) is 5.91 Å². The van der Waals surface area contributed by atoms with E-state index in [0.29, 0.717) is 5.69 Å². The van der Waals surface area contributed by atoms with Crippen LogP contribution in [0.15, 0.2) is 24.3 Å². The van der Waals surface area contributed by atoms with Gasteiger partial charge in [-0.05, 0) is 24.5 Å². The van der Waals surface area contributed by atoms with Crippen molar-refractivity contribution in [3.05, 3.63) is 29.8 Å². The average molecular weight is 421 g/mol. The smallest absolute Gasteiger partial charge is 0.317 e. The fourth-order valence-electron chi connectivity index (χ4n) is 2.17. The molecule has 0 unspecified atom stereocenters. The molecular weight excluding hydrogens is 399 g/mol. The van der Waals surface area contributed by atoms with E-state index in [9.17, 15) is 14.4 Å². The number of unbranched alkanes of at least 4 members (excludes halogenated alkanes) is 1. The zero-order valence-corrected chi connectivity index (χ0v) is 15.4. The summed E-state index contributed by atoms with van der Waals surface area (Å²) in [4.78, 5) is 34.6. The molecule has 0 bridgehead atoms. The number of nitrogens with zero attached hydrogens (tertiary/aromatic N) is 1. The number of nitrogens with one attached hydrogen (secondary N) is 1. The summed E-state index contributed by atoms with van der Waals surface area (Å²) in [7, 11) is 0. The molecule has 8 heteroatoms. The number of carboxylic acids is 2. The number of carboxylic acid groups (broad SMARTS) is 2. The molecule has 0 atom stereocenters.